The van der Waals surface area contributed by atoms with Crippen LogP contribution in [0, 0.1) is 6.92 Å². The van der Waals surface area contributed by atoms with Crippen LogP contribution in [0.1, 0.15) is 30.0 Å². The minimum absolute atomic E-state index is 0.104. The van der Waals surface area contributed by atoms with Gasteiger partial charge in [0.05, 0.1) is 0 Å². The maximum absolute atomic E-state index is 12.8. The molecular weight excluding hydrogens is 322 g/mol. The van der Waals surface area contributed by atoms with Gasteiger partial charge in [-0.2, -0.15) is 0 Å². The Morgan fingerprint density at radius 2 is 1.85 bits per heavy atom. The summed E-state index contributed by atoms with van der Waals surface area (Å²) in [5.74, 6) is 0.625. The zero-order valence-electron chi connectivity index (χ0n) is 15.2. The first-order chi connectivity index (χ1) is 12.7. The van der Waals surface area contributed by atoms with Gasteiger partial charge in [0.1, 0.15) is 5.75 Å². The molecule has 3 aromatic rings. The summed E-state index contributed by atoms with van der Waals surface area (Å²) >= 11 is 0. The van der Waals surface area contributed by atoms with Gasteiger partial charge in [-0.25, -0.2) is 0 Å². The zero-order valence-corrected chi connectivity index (χ0v) is 15.2. The van der Waals surface area contributed by atoms with Crippen molar-refractivity contribution < 1.29 is 9.53 Å². The fraction of sp³-hybridized carbons (Fsp3) is 0.261. The smallest absolute Gasteiger partial charge is 0.265 e. The van der Waals surface area contributed by atoms with E-state index in [1.807, 2.05) is 44.2 Å². The van der Waals surface area contributed by atoms with E-state index in [4.69, 9.17) is 4.74 Å². The van der Waals surface area contributed by atoms with E-state index in [0.717, 1.165) is 35.2 Å². The Morgan fingerprint density at radius 1 is 1.08 bits per heavy atom. The highest BCUT2D eigenvalue weighted by atomic mass is 16.5. The maximum Gasteiger partial charge on any atom is 0.265 e. The molecule has 4 rings (SSSR count). The van der Waals surface area contributed by atoms with Crippen LogP contribution < -0.4 is 10.1 Å². The lowest BCUT2D eigenvalue weighted by Crippen LogP contribution is -2.32. The van der Waals surface area contributed by atoms with Crippen molar-refractivity contribution in [1.82, 2.24) is 0 Å². The standard InChI is InChI=1S/C23H23NO2/c1-3-21(26-18-8-4-6-15(2)14-18)23(25)24-20-13-12-17-11-10-16-7-5-9-19(20)22(16)17/h4-9,12-14,21H,3,10-11H2,1-2H3,(H,24,25). The Morgan fingerprint density at radius 3 is 2.62 bits per heavy atom. The molecule has 1 atom stereocenters. The molecule has 1 aliphatic rings. The van der Waals surface area contributed by atoms with Gasteiger partial charge < -0.3 is 10.1 Å². The molecule has 0 fully saturated rings. The predicted octanol–water partition coefficient (Wildman–Crippen LogP) is 5.04. The number of hydrogen-bond acceptors (Lipinski definition) is 2. The van der Waals surface area contributed by atoms with E-state index in [9.17, 15) is 4.79 Å². The number of ether oxygens (including phenoxy) is 1. The molecule has 1 N–H and O–H groups in total. The van der Waals surface area contributed by atoms with Gasteiger partial charge >= 0.3 is 0 Å². The van der Waals surface area contributed by atoms with E-state index in [-0.39, 0.29) is 5.91 Å². The molecule has 3 aromatic carbocycles. The Hall–Kier alpha value is -2.81. The van der Waals surface area contributed by atoms with Crippen molar-refractivity contribution in [2.45, 2.75) is 39.2 Å². The topological polar surface area (TPSA) is 38.3 Å². The van der Waals surface area contributed by atoms with Crippen molar-refractivity contribution in [1.29, 1.82) is 0 Å². The number of carbonyl (C=O) groups is 1. The molecule has 3 heteroatoms. The van der Waals surface area contributed by atoms with E-state index >= 15 is 0 Å². The Labute approximate surface area is 154 Å². The van der Waals surface area contributed by atoms with Crippen LogP contribution in [0.25, 0.3) is 10.8 Å². The van der Waals surface area contributed by atoms with Crippen molar-refractivity contribution in [3.05, 3.63) is 71.3 Å². The van der Waals surface area contributed by atoms with Gasteiger partial charge in [-0.05, 0) is 66.5 Å². The summed E-state index contributed by atoms with van der Waals surface area (Å²) in [6.45, 7) is 3.98. The van der Waals surface area contributed by atoms with Gasteiger partial charge in [0.2, 0.25) is 0 Å². The molecule has 0 bridgehead atoms. The quantitative estimate of drug-likeness (QED) is 0.703. The van der Waals surface area contributed by atoms with Gasteiger partial charge in [0.15, 0.2) is 6.10 Å². The second-order valence-corrected chi connectivity index (χ2v) is 6.93. The molecule has 0 heterocycles. The highest BCUT2D eigenvalue weighted by Crippen LogP contribution is 2.35. The van der Waals surface area contributed by atoms with Crippen molar-refractivity contribution in [2.24, 2.45) is 0 Å². The summed E-state index contributed by atoms with van der Waals surface area (Å²) in [6.07, 6.45) is 2.26. The molecular formula is C23H23NO2. The molecule has 1 unspecified atom stereocenters. The minimum Gasteiger partial charge on any atom is -0.481 e. The predicted molar refractivity (Wildman–Crippen MR) is 106 cm³/mol. The molecule has 132 valence electrons. The third-order valence-electron chi connectivity index (χ3n) is 5.07. The molecule has 1 amide bonds. The van der Waals surface area contributed by atoms with Gasteiger partial charge in [-0.3, -0.25) is 4.79 Å². The van der Waals surface area contributed by atoms with Crippen LogP contribution in [0.3, 0.4) is 0 Å². The summed E-state index contributed by atoms with van der Waals surface area (Å²) in [4.78, 5) is 12.8. The van der Waals surface area contributed by atoms with E-state index < -0.39 is 6.10 Å². The summed E-state index contributed by atoms with van der Waals surface area (Å²) in [6, 6.07) is 18.3. The van der Waals surface area contributed by atoms with Crippen LogP contribution in [-0.2, 0) is 17.6 Å². The van der Waals surface area contributed by atoms with Crippen molar-refractivity contribution in [3.63, 3.8) is 0 Å². The second kappa shape index (κ2) is 6.83. The van der Waals surface area contributed by atoms with Crippen LogP contribution in [0.5, 0.6) is 5.75 Å². The van der Waals surface area contributed by atoms with Gasteiger partial charge in [-0.15, -0.1) is 0 Å². The number of hydrogen-bond donors (Lipinski definition) is 1. The number of carbonyl (C=O) groups excluding carboxylic acids is 1. The molecule has 0 radical (unpaired) electrons. The average Bonchev–Trinajstić information content (AvgIpc) is 3.07. The zero-order chi connectivity index (χ0) is 18.1. The molecule has 0 saturated heterocycles. The van der Waals surface area contributed by atoms with Crippen molar-refractivity contribution >= 4 is 22.4 Å². The number of benzene rings is 3. The van der Waals surface area contributed by atoms with Crippen LogP contribution in [0.4, 0.5) is 5.69 Å². The average molecular weight is 345 g/mol. The lowest BCUT2D eigenvalue weighted by Gasteiger charge is -2.18. The highest BCUT2D eigenvalue weighted by Gasteiger charge is 2.21. The van der Waals surface area contributed by atoms with Gasteiger partial charge in [-0.1, -0.05) is 43.3 Å². The third kappa shape index (κ3) is 3.05. The number of nitrogens with one attached hydrogen (secondary N) is 1. The van der Waals surface area contributed by atoms with E-state index in [1.54, 1.807) is 0 Å². The third-order valence-corrected chi connectivity index (χ3v) is 5.07. The van der Waals surface area contributed by atoms with E-state index in [2.05, 4.69) is 29.6 Å². The fourth-order valence-electron chi connectivity index (χ4n) is 3.74. The fourth-order valence-corrected chi connectivity index (χ4v) is 3.74. The summed E-state index contributed by atoms with van der Waals surface area (Å²) in [5, 5.41) is 5.51. The van der Waals surface area contributed by atoms with Crippen LogP contribution in [0.2, 0.25) is 0 Å². The van der Waals surface area contributed by atoms with Gasteiger partial charge in [0, 0.05) is 11.1 Å². The van der Waals surface area contributed by atoms with Crippen LogP contribution in [-0.4, -0.2) is 12.0 Å². The molecule has 0 aliphatic heterocycles. The molecule has 0 spiro atoms. The van der Waals surface area contributed by atoms with E-state index in [1.165, 1.54) is 16.5 Å². The van der Waals surface area contributed by atoms with Crippen LogP contribution in [0.15, 0.2) is 54.6 Å². The van der Waals surface area contributed by atoms with E-state index in [0.29, 0.717) is 6.42 Å². The number of amides is 1. The van der Waals surface area contributed by atoms with Gasteiger partial charge in [0.25, 0.3) is 5.91 Å². The summed E-state index contributed by atoms with van der Waals surface area (Å²) in [7, 11) is 0. The first-order valence-electron chi connectivity index (χ1n) is 9.23. The maximum atomic E-state index is 12.8. The number of aryl methyl sites for hydroxylation is 3. The molecule has 1 aliphatic carbocycles. The monoisotopic (exact) mass is 345 g/mol. The Balaban J connectivity index is 1.58. The Bertz CT molecular complexity index is 967. The molecule has 3 nitrogen and oxygen atoms in total. The minimum atomic E-state index is -0.514. The summed E-state index contributed by atoms with van der Waals surface area (Å²) < 4.78 is 5.94. The Kier molecular flexibility index (Phi) is 4.37. The molecule has 0 aromatic heterocycles. The van der Waals surface area contributed by atoms with Crippen molar-refractivity contribution in [2.75, 3.05) is 5.32 Å². The number of anilines is 1. The normalized spacial score (nSPS) is 13.6. The first kappa shape index (κ1) is 16.6. The summed E-state index contributed by atoms with van der Waals surface area (Å²) in [5.41, 5.74) is 4.72. The van der Waals surface area contributed by atoms with Crippen LogP contribution >= 0.6 is 0 Å². The second-order valence-electron chi connectivity index (χ2n) is 6.93. The largest absolute Gasteiger partial charge is 0.481 e. The lowest BCUT2D eigenvalue weighted by atomic mass is 10.0. The SMILES string of the molecule is CCC(Oc1cccc(C)c1)C(=O)Nc1ccc2c3c(cccc13)CC2. The lowest BCUT2D eigenvalue weighted by molar-refractivity contribution is -0.122. The molecule has 26 heavy (non-hydrogen) atoms. The number of rotatable bonds is 5. The highest BCUT2D eigenvalue weighted by molar-refractivity contribution is 6.06. The van der Waals surface area contributed by atoms with Crippen molar-refractivity contribution in [3.8, 4) is 5.75 Å². The molecule has 0 saturated carbocycles. The first-order valence-corrected chi connectivity index (χ1v) is 9.23.